The van der Waals surface area contributed by atoms with Crippen LogP contribution in [-0.2, 0) is 23.8 Å². The van der Waals surface area contributed by atoms with Crippen LogP contribution in [0.1, 0.15) is 27.2 Å². The van der Waals surface area contributed by atoms with E-state index in [1.165, 1.54) is 13.2 Å². The first-order chi connectivity index (χ1) is 8.63. The van der Waals surface area contributed by atoms with E-state index in [0.29, 0.717) is 12.2 Å². The summed E-state index contributed by atoms with van der Waals surface area (Å²) in [5.74, 6) is -0.509. The Morgan fingerprint density at radius 1 is 1.50 bits per heavy atom. The Morgan fingerprint density at radius 2 is 2.22 bits per heavy atom. The Kier molecular flexibility index (Phi) is 5.85. The standard InChI is InChI=1S/C13H20O5/c1-4-11-12(8-17-9(3)15)10(6-14)7-18-13(11)16-5-2/h6-7,11-13H,4-5,8H2,1-3H3. The second-order valence-corrected chi connectivity index (χ2v) is 4.18. The van der Waals surface area contributed by atoms with Crippen molar-refractivity contribution in [2.24, 2.45) is 11.8 Å². The van der Waals surface area contributed by atoms with Crippen molar-refractivity contribution >= 4 is 12.3 Å². The lowest BCUT2D eigenvalue weighted by Crippen LogP contribution is -2.38. The van der Waals surface area contributed by atoms with Crippen molar-refractivity contribution in [3.63, 3.8) is 0 Å². The molecule has 0 saturated heterocycles. The fourth-order valence-corrected chi connectivity index (χ4v) is 2.12. The van der Waals surface area contributed by atoms with Gasteiger partial charge in [0.05, 0.1) is 12.9 Å². The monoisotopic (exact) mass is 256 g/mol. The van der Waals surface area contributed by atoms with Gasteiger partial charge in [-0.3, -0.25) is 9.59 Å². The Morgan fingerprint density at radius 3 is 2.72 bits per heavy atom. The van der Waals surface area contributed by atoms with Gasteiger partial charge in [0, 0.05) is 30.9 Å². The van der Waals surface area contributed by atoms with Crippen molar-refractivity contribution in [3.05, 3.63) is 11.8 Å². The topological polar surface area (TPSA) is 61.8 Å². The first-order valence-corrected chi connectivity index (χ1v) is 6.19. The molecule has 5 nitrogen and oxygen atoms in total. The van der Waals surface area contributed by atoms with Gasteiger partial charge in [0.15, 0.2) is 0 Å². The number of hydrogen-bond acceptors (Lipinski definition) is 5. The van der Waals surface area contributed by atoms with Crippen molar-refractivity contribution < 1.29 is 23.8 Å². The minimum Gasteiger partial charge on any atom is -0.472 e. The number of aldehydes is 1. The second-order valence-electron chi connectivity index (χ2n) is 4.18. The van der Waals surface area contributed by atoms with Crippen LogP contribution in [-0.4, -0.2) is 31.8 Å². The number of carbonyl (C=O) groups excluding carboxylic acids is 2. The maximum absolute atomic E-state index is 11.0. The van der Waals surface area contributed by atoms with Gasteiger partial charge in [-0.2, -0.15) is 0 Å². The van der Waals surface area contributed by atoms with Gasteiger partial charge in [-0.15, -0.1) is 0 Å². The lowest BCUT2D eigenvalue weighted by Gasteiger charge is -2.35. The molecule has 18 heavy (non-hydrogen) atoms. The molecule has 0 bridgehead atoms. The molecule has 0 N–H and O–H groups in total. The molecule has 0 aromatic rings. The minimum absolute atomic E-state index is 0.00880. The Hall–Kier alpha value is -1.36. The summed E-state index contributed by atoms with van der Waals surface area (Å²) in [6.07, 6.45) is 2.55. The minimum atomic E-state index is -0.385. The van der Waals surface area contributed by atoms with Crippen molar-refractivity contribution in [1.82, 2.24) is 0 Å². The van der Waals surface area contributed by atoms with Crippen molar-refractivity contribution in [1.29, 1.82) is 0 Å². The molecule has 0 amide bonds. The third-order valence-corrected chi connectivity index (χ3v) is 3.04. The van der Waals surface area contributed by atoms with E-state index in [1.54, 1.807) is 0 Å². The molecule has 0 aliphatic carbocycles. The fourth-order valence-electron chi connectivity index (χ4n) is 2.12. The van der Waals surface area contributed by atoms with Crippen molar-refractivity contribution in [2.45, 2.75) is 33.5 Å². The molecule has 0 saturated carbocycles. The Balaban J connectivity index is 2.82. The summed E-state index contributed by atoms with van der Waals surface area (Å²) < 4.78 is 15.9. The van der Waals surface area contributed by atoms with Crippen LogP contribution < -0.4 is 0 Å². The number of ether oxygens (including phenoxy) is 3. The van der Waals surface area contributed by atoms with Crippen LogP contribution in [0.3, 0.4) is 0 Å². The first-order valence-electron chi connectivity index (χ1n) is 6.19. The van der Waals surface area contributed by atoms with Gasteiger partial charge in [0.2, 0.25) is 6.29 Å². The van der Waals surface area contributed by atoms with Gasteiger partial charge in [-0.1, -0.05) is 6.92 Å². The van der Waals surface area contributed by atoms with E-state index in [2.05, 4.69) is 0 Å². The summed E-state index contributed by atoms with van der Waals surface area (Å²) >= 11 is 0. The van der Waals surface area contributed by atoms with Gasteiger partial charge in [-0.25, -0.2) is 0 Å². The summed E-state index contributed by atoms with van der Waals surface area (Å²) in [5.41, 5.74) is 0.513. The number of hydrogen-bond donors (Lipinski definition) is 0. The third kappa shape index (κ3) is 3.57. The smallest absolute Gasteiger partial charge is 0.302 e. The summed E-state index contributed by atoms with van der Waals surface area (Å²) in [4.78, 5) is 21.9. The van der Waals surface area contributed by atoms with Gasteiger partial charge in [-0.05, 0) is 13.3 Å². The van der Waals surface area contributed by atoms with E-state index in [4.69, 9.17) is 14.2 Å². The predicted molar refractivity (Wildman–Crippen MR) is 64.6 cm³/mol. The summed E-state index contributed by atoms with van der Waals surface area (Å²) in [6.45, 7) is 5.95. The zero-order valence-electron chi connectivity index (χ0n) is 11.0. The maximum atomic E-state index is 11.0. The molecule has 102 valence electrons. The quantitative estimate of drug-likeness (QED) is 0.534. The van der Waals surface area contributed by atoms with E-state index < -0.39 is 0 Å². The van der Waals surface area contributed by atoms with Crippen LogP contribution in [0.15, 0.2) is 11.8 Å². The van der Waals surface area contributed by atoms with E-state index in [9.17, 15) is 9.59 Å². The van der Waals surface area contributed by atoms with Crippen LogP contribution in [0.25, 0.3) is 0 Å². The molecule has 1 aliphatic heterocycles. The largest absolute Gasteiger partial charge is 0.472 e. The highest BCUT2D eigenvalue weighted by molar-refractivity contribution is 5.74. The molecule has 3 atom stereocenters. The number of esters is 1. The number of rotatable bonds is 6. The summed E-state index contributed by atoms with van der Waals surface area (Å²) in [7, 11) is 0. The Bertz CT molecular complexity index is 323. The lowest BCUT2D eigenvalue weighted by molar-refractivity contribution is -0.167. The zero-order valence-corrected chi connectivity index (χ0v) is 11.0. The molecule has 5 heteroatoms. The highest BCUT2D eigenvalue weighted by Crippen LogP contribution is 2.33. The molecule has 0 spiro atoms. The molecule has 0 radical (unpaired) electrons. The van der Waals surface area contributed by atoms with Gasteiger partial charge in [0.25, 0.3) is 0 Å². The average molecular weight is 256 g/mol. The fraction of sp³-hybridized carbons (Fsp3) is 0.692. The molecule has 0 fully saturated rings. The van der Waals surface area contributed by atoms with Gasteiger partial charge in [0.1, 0.15) is 6.29 Å². The molecule has 3 unspecified atom stereocenters. The number of carbonyl (C=O) groups is 2. The predicted octanol–water partition coefficient (Wildman–Crippen LogP) is 1.67. The normalized spacial score (nSPS) is 27.1. The highest BCUT2D eigenvalue weighted by Gasteiger charge is 2.36. The molecule has 0 aromatic heterocycles. The molecule has 1 aliphatic rings. The highest BCUT2D eigenvalue weighted by atomic mass is 16.7. The van der Waals surface area contributed by atoms with Gasteiger partial charge < -0.3 is 14.2 Å². The molecule has 0 aromatic carbocycles. The third-order valence-electron chi connectivity index (χ3n) is 3.04. The van der Waals surface area contributed by atoms with E-state index in [0.717, 1.165) is 12.7 Å². The van der Waals surface area contributed by atoms with Crippen LogP contribution in [0.2, 0.25) is 0 Å². The second kappa shape index (κ2) is 7.16. The SMILES string of the molecule is CCOC1OC=C(C=O)C(COC(C)=O)C1CC. The van der Waals surface area contributed by atoms with Crippen molar-refractivity contribution in [3.8, 4) is 0 Å². The van der Waals surface area contributed by atoms with E-state index in [-0.39, 0.29) is 30.7 Å². The van der Waals surface area contributed by atoms with Crippen LogP contribution in [0.4, 0.5) is 0 Å². The van der Waals surface area contributed by atoms with E-state index >= 15 is 0 Å². The molecule has 1 heterocycles. The van der Waals surface area contributed by atoms with Crippen LogP contribution in [0.5, 0.6) is 0 Å². The average Bonchev–Trinajstić information content (AvgIpc) is 2.36. The Labute approximate surface area is 107 Å². The van der Waals surface area contributed by atoms with Gasteiger partial charge >= 0.3 is 5.97 Å². The first kappa shape index (κ1) is 14.7. The summed E-state index contributed by atoms with van der Waals surface area (Å²) in [6, 6.07) is 0. The molecular formula is C13H20O5. The zero-order chi connectivity index (χ0) is 13.5. The van der Waals surface area contributed by atoms with Crippen molar-refractivity contribution in [2.75, 3.05) is 13.2 Å². The van der Waals surface area contributed by atoms with E-state index in [1.807, 2.05) is 13.8 Å². The molecule has 1 rings (SSSR count). The maximum Gasteiger partial charge on any atom is 0.302 e. The lowest BCUT2D eigenvalue weighted by atomic mass is 9.83. The summed E-state index contributed by atoms with van der Waals surface area (Å²) in [5, 5.41) is 0. The van der Waals surface area contributed by atoms with Crippen LogP contribution in [0, 0.1) is 11.8 Å². The van der Waals surface area contributed by atoms with Crippen LogP contribution >= 0.6 is 0 Å². The molecular weight excluding hydrogens is 236 g/mol.